The quantitative estimate of drug-likeness (QED) is 0.879. The Kier molecular flexibility index (Phi) is 4.74. The van der Waals surface area contributed by atoms with Crippen molar-refractivity contribution in [2.75, 3.05) is 11.9 Å². The maximum Gasteiger partial charge on any atom is 0.126 e. The second-order valence-corrected chi connectivity index (χ2v) is 5.88. The molecule has 0 aromatic carbocycles. The van der Waals surface area contributed by atoms with Gasteiger partial charge in [-0.15, -0.1) is 11.3 Å². The van der Waals surface area contributed by atoms with Crippen molar-refractivity contribution in [2.45, 2.75) is 19.4 Å². The maximum absolute atomic E-state index is 9.15. The van der Waals surface area contributed by atoms with Gasteiger partial charge in [-0.1, -0.05) is 6.07 Å². The lowest BCUT2D eigenvalue weighted by Crippen LogP contribution is -2.12. The maximum atomic E-state index is 9.15. The first-order chi connectivity index (χ1) is 8.70. The summed E-state index contributed by atoms with van der Waals surface area (Å²) in [5, 5.41) is 14.6. The summed E-state index contributed by atoms with van der Waals surface area (Å²) in [6.07, 6.45) is 2.47. The van der Waals surface area contributed by atoms with Crippen molar-refractivity contribution in [1.82, 2.24) is 4.98 Å². The molecule has 5 heteroatoms. The van der Waals surface area contributed by atoms with Crippen molar-refractivity contribution >= 4 is 33.1 Å². The number of pyridine rings is 1. The molecule has 96 valence electrons. The van der Waals surface area contributed by atoms with Gasteiger partial charge in [0.05, 0.1) is 6.04 Å². The Balaban J connectivity index is 2.16. The standard InChI is InChI=1S/C13H15BrN2OS/c1-9-7-13(15-8-10(9)14)16-11(4-5-17)12-3-2-6-18-12/h2-3,6-8,11,17H,4-5H2,1H3,(H,15,16). The highest BCUT2D eigenvalue weighted by Crippen LogP contribution is 2.26. The Bertz CT molecular complexity index is 502. The number of halogens is 1. The van der Waals surface area contributed by atoms with Crippen LogP contribution in [0.2, 0.25) is 0 Å². The minimum Gasteiger partial charge on any atom is -0.396 e. The third-order valence-corrected chi connectivity index (χ3v) is 4.49. The van der Waals surface area contributed by atoms with Crippen LogP contribution in [0, 0.1) is 6.92 Å². The average Bonchev–Trinajstić information content (AvgIpc) is 2.87. The van der Waals surface area contributed by atoms with Crippen LogP contribution >= 0.6 is 27.3 Å². The lowest BCUT2D eigenvalue weighted by Gasteiger charge is -2.17. The molecule has 2 aromatic rings. The minimum atomic E-state index is 0.114. The van der Waals surface area contributed by atoms with Crippen molar-refractivity contribution in [3.05, 3.63) is 44.7 Å². The molecule has 2 rings (SSSR count). The number of nitrogens with zero attached hydrogens (tertiary/aromatic N) is 1. The SMILES string of the molecule is Cc1cc(NC(CCO)c2cccs2)ncc1Br. The van der Waals surface area contributed by atoms with E-state index in [1.54, 1.807) is 17.5 Å². The summed E-state index contributed by atoms with van der Waals surface area (Å²) in [4.78, 5) is 5.55. The first-order valence-electron chi connectivity index (χ1n) is 5.73. The zero-order valence-electron chi connectivity index (χ0n) is 10.1. The second kappa shape index (κ2) is 6.31. The molecule has 0 bridgehead atoms. The molecule has 0 aliphatic rings. The smallest absolute Gasteiger partial charge is 0.126 e. The van der Waals surface area contributed by atoms with Gasteiger partial charge in [-0.3, -0.25) is 0 Å². The number of aromatic nitrogens is 1. The van der Waals surface area contributed by atoms with E-state index in [0.717, 1.165) is 15.9 Å². The van der Waals surface area contributed by atoms with E-state index in [4.69, 9.17) is 5.11 Å². The Morgan fingerprint density at radius 2 is 2.39 bits per heavy atom. The molecule has 0 aliphatic carbocycles. The second-order valence-electron chi connectivity index (χ2n) is 4.04. The van der Waals surface area contributed by atoms with Gasteiger partial charge in [0, 0.05) is 22.2 Å². The van der Waals surface area contributed by atoms with Gasteiger partial charge >= 0.3 is 0 Å². The largest absolute Gasteiger partial charge is 0.396 e. The highest BCUT2D eigenvalue weighted by molar-refractivity contribution is 9.10. The van der Waals surface area contributed by atoms with Gasteiger partial charge in [0.2, 0.25) is 0 Å². The number of rotatable bonds is 5. The molecule has 0 spiro atoms. The molecule has 2 heterocycles. The molecule has 2 N–H and O–H groups in total. The van der Waals surface area contributed by atoms with E-state index in [0.29, 0.717) is 6.42 Å². The van der Waals surface area contributed by atoms with Crippen LogP contribution in [0.15, 0.2) is 34.2 Å². The van der Waals surface area contributed by atoms with Crippen LogP contribution in [0.1, 0.15) is 22.9 Å². The molecule has 0 saturated carbocycles. The van der Waals surface area contributed by atoms with Gasteiger partial charge in [0.1, 0.15) is 5.82 Å². The molecule has 0 amide bonds. The fourth-order valence-corrected chi connectivity index (χ4v) is 2.73. The first kappa shape index (κ1) is 13.5. The highest BCUT2D eigenvalue weighted by atomic mass is 79.9. The molecular formula is C13H15BrN2OS. The average molecular weight is 327 g/mol. The van der Waals surface area contributed by atoms with Crippen molar-refractivity contribution < 1.29 is 5.11 Å². The van der Waals surface area contributed by atoms with Crippen molar-refractivity contribution in [3.8, 4) is 0 Å². The van der Waals surface area contributed by atoms with Gasteiger partial charge < -0.3 is 10.4 Å². The first-order valence-corrected chi connectivity index (χ1v) is 7.41. The van der Waals surface area contributed by atoms with Crippen LogP contribution in [0.4, 0.5) is 5.82 Å². The normalized spacial score (nSPS) is 12.4. The predicted molar refractivity (Wildman–Crippen MR) is 79.1 cm³/mol. The van der Waals surface area contributed by atoms with Crippen LogP contribution < -0.4 is 5.32 Å². The van der Waals surface area contributed by atoms with Crippen molar-refractivity contribution in [3.63, 3.8) is 0 Å². The van der Waals surface area contributed by atoms with Gasteiger partial charge in [-0.25, -0.2) is 4.98 Å². The number of hydrogen-bond donors (Lipinski definition) is 2. The summed E-state index contributed by atoms with van der Waals surface area (Å²) in [5.41, 5.74) is 1.14. The molecule has 0 aliphatic heterocycles. The molecular weight excluding hydrogens is 312 g/mol. The van der Waals surface area contributed by atoms with E-state index in [9.17, 15) is 0 Å². The number of thiophene rings is 1. The van der Waals surface area contributed by atoms with Crippen LogP contribution in [0.25, 0.3) is 0 Å². The fraction of sp³-hybridized carbons (Fsp3) is 0.308. The van der Waals surface area contributed by atoms with E-state index in [1.165, 1.54) is 4.88 Å². The zero-order valence-corrected chi connectivity index (χ0v) is 12.5. The molecule has 0 fully saturated rings. The summed E-state index contributed by atoms with van der Waals surface area (Å²) >= 11 is 5.12. The van der Waals surface area contributed by atoms with Gasteiger partial charge in [-0.2, -0.15) is 0 Å². The topological polar surface area (TPSA) is 45.1 Å². The Morgan fingerprint density at radius 3 is 3.00 bits per heavy atom. The van der Waals surface area contributed by atoms with E-state index < -0.39 is 0 Å². The summed E-state index contributed by atoms with van der Waals surface area (Å²) in [6, 6.07) is 6.21. The Labute approximate surface area is 119 Å². The number of hydrogen-bond acceptors (Lipinski definition) is 4. The van der Waals surface area contributed by atoms with Crippen LogP contribution in [0.5, 0.6) is 0 Å². The van der Waals surface area contributed by atoms with Crippen molar-refractivity contribution in [1.29, 1.82) is 0 Å². The molecule has 3 nitrogen and oxygen atoms in total. The molecule has 1 atom stereocenters. The zero-order chi connectivity index (χ0) is 13.0. The fourth-order valence-electron chi connectivity index (χ4n) is 1.70. The van der Waals surface area contributed by atoms with E-state index in [-0.39, 0.29) is 12.6 Å². The highest BCUT2D eigenvalue weighted by Gasteiger charge is 2.12. The summed E-state index contributed by atoms with van der Waals surface area (Å²) in [5.74, 6) is 0.836. The van der Waals surface area contributed by atoms with Crippen LogP contribution in [-0.4, -0.2) is 16.7 Å². The lowest BCUT2D eigenvalue weighted by molar-refractivity contribution is 0.280. The molecule has 2 aromatic heterocycles. The summed E-state index contributed by atoms with van der Waals surface area (Å²) < 4.78 is 1.00. The molecule has 0 saturated heterocycles. The Hall–Kier alpha value is -0.910. The third kappa shape index (κ3) is 3.31. The molecule has 18 heavy (non-hydrogen) atoms. The summed E-state index contributed by atoms with van der Waals surface area (Å²) in [6.45, 7) is 2.19. The molecule has 1 unspecified atom stereocenters. The number of anilines is 1. The minimum absolute atomic E-state index is 0.114. The van der Waals surface area contributed by atoms with Gasteiger partial charge in [-0.05, 0) is 52.4 Å². The Morgan fingerprint density at radius 1 is 1.56 bits per heavy atom. The number of aliphatic hydroxyl groups is 1. The van der Waals surface area contributed by atoms with Crippen LogP contribution in [-0.2, 0) is 0 Å². The van der Waals surface area contributed by atoms with E-state index >= 15 is 0 Å². The summed E-state index contributed by atoms with van der Waals surface area (Å²) in [7, 11) is 0. The monoisotopic (exact) mass is 326 g/mol. The number of nitrogens with one attached hydrogen (secondary N) is 1. The molecule has 0 radical (unpaired) electrons. The van der Waals surface area contributed by atoms with E-state index in [2.05, 4.69) is 32.3 Å². The number of aliphatic hydroxyl groups excluding tert-OH is 1. The van der Waals surface area contributed by atoms with Crippen LogP contribution in [0.3, 0.4) is 0 Å². The predicted octanol–water partition coefficient (Wildman–Crippen LogP) is 3.75. The van der Waals surface area contributed by atoms with Gasteiger partial charge in [0.25, 0.3) is 0 Å². The van der Waals surface area contributed by atoms with E-state index in [1.807, 2.05) is 24.4 Å². The van der Waals surface area contributed by atoms with Gasteiger partial charge in [0.15, 0.2) is 0 Å². The number of aryl methyl sites for hydroxylation is 1. The lowest BCUT2D eigenvalue weighted by atomic mass is 10.1. The van der Waals surface area contributed by atoms with Crippen molar-refractivity contribution in [2.24, 2.45) is 0 Å². The third-order valence-electron chi connectivity index (χ3n) is 2.67.